The van der Waals surface area contributed by atoms with Crippen LogP contribution >= 0.6 is 22.9 Å². The summed E-state index contributed by atoms with van der Waals surface area (Å²) in [6, 6.07) is 7.52. The molecule has 5 nitrogen and oxygen atoms in total. The van der Waals surface area contributed by atoms with Crippen LogP contribution in [0.2, 0.25) is 5.02 Å². The van der Waals surface area contributed by atoms with E-state index >= 15 is 0 Å². The minimum atomic E-state index is -0.340. The van der Waals surface area contributed by atoms with E-state index in [1.165, 1.54) is 11.3 Å². The lowest BCUT2D eigenvalue weighted by molar-refractivity contribution is -0.123. The van der Waals surface area contributed by atoms with E-state index in [2.05, 4.69) is 15.8 Å². The van der Waals surface area contributed by atoms with Crippen LogP contribution in [0.15, 0.2) is 29.8 Å². The number of aryl methyl sites for hydroxylation is 1. The molecule has 0 saturated heterocycles. The van der Waals surface area contributed by atoms with E-state index in [0.29, 0.717) is 15.6 Å². The Morgan fingerprint density at radius 1 is 1.36 bits per heavy atom. The zero-order chi connectivity index (χ0) is 15.7. The zero-order valence-electron chi connectivity index (χ0n) is 11.8. The number of nitrogens with one attached hydrogen (secondary N) is 2. The van der Waals surface area contributed by atoms with E-state index in [1.54, 1.807) is 18.5 Å². The first kappa shape index (κ1) is 15.0. The number of nitrogens with zero attached hydrogens (tertiary/aromatic N) is 1. The number of carbonyl (C=O) groups is 2. The van der Waals surface area contributed by atoms with Gasteiger partial charge in [-0.1, -0.05) is 23.7 Å². The molecule has 1 aliphatic rings. The van der Waals surface area contributed by atoms with Crippen LogP contribution in [0.3, 0.4) is 0 Å². The summed E-state index contributed by atoms with van der Waals surface area (Å²) in [5, 5.41) is 0.664. The average molecular weight is 336 g/mol. The summed E-state index contributed by atoms with van der Waals surface area (Å²) in [5.41, 5.74) is 8.22. The smallest absolute Gasteiger partial charge is 0.273 e. The standard InChI is InChI=1S/C15H14ClN3O2S/c1-8-13(22-7-17-8)15(21)19-18-14(20)12-6-11(12)9-3-2-4-10(16)5-9/h2-5,7,11-12H,6H2,1H3,(H,18,20)(H,19,21)/t11-,12-/m1/s1. The predicted octanol–water partition coefficient (Wildman–Crippen LogP) is 2.67. The molecular formula is C15H14ClN3O2S. The highest BCUT2D eigenvalue weighted by atomic mass is 35.5. The van der Waals surface area contributed by atoms with Crippen molar-refractivity contribution in [3.05, 3.63) is 50.9 Å². The van der Waals surface area contributed by atoms with Gasteiger partial charge in [-0.3, -0.25) is 20.4 Å². The maximum absolute atomic E-state index is 12.1. The molecule has 1 aromatic heterocycles. The molecule has 0 unspecified atom stereocenters. The lowest BCUT2D eigenvalue weighted by atomic mass is 10.1. The van der Waals surface area contributed by atoms with Crippen LogP contribution in [0.1, 0.15) is 33.3 Å². The van der Waals surface area contributed by atoms with Gasteiger partial charge in [0.25, 0.3) is 5.91 Å². The number of thiazole rings is 1. The number of benzene rings is 1. The minimum Gasteiger partial charge on any atom is -0.273 e. The summed E-state index contributed by atoms with van der Waals surface area (Å²) in [6.07, 6.45) is 0.766. The highest BCUT2D eigenvalue weighted by molar-refractivity contribution is 7.11. The van der Waals surface area contributed by atoms with Gasteiger partial charge in [0.15, 0.2) is 0 Å². The second kappa shape index (κ2) is 6.06. The monoisotopic (exact) mass is 335 g/mol. The van der Waals surface area contributed by atoms with E-state index in [1.807, 2.05) is 18.2 Å². The molecule has 7 heteroatoms. The van der Waals surface area contributed by atoms with Crippen molar-refractivity contribution >= 4 is 34.8 Å². The van der Waals surface area contributed by atoms with Crippen LogP contribution in [0.5, 0.6) is 0 Å². The first-order valence-electron chi connectivity index (χ1n) is 6.82. The number of hydrazine groups is 1. The number of hydrogen-bond donors (Lipinski definition) is 2. The predicted molar refractivity (Wildman–Crippen MR) is 84.8 cm³/mol. The van der Waals surface area contributed by atoms with Crippen LogP contribution in [0.25, 0.3) is 0 Å². The summed E-state index contributed by atoms with van der Waals surface area (Å²) < 4.78 is 0. The van der Waals surface area contributed by atoms with Crippen molar-refractivity contribution in [3.63, 3.8) is 0 Å². The Labute approximate surface area is 136 Å². The molecule has 0 radical (unpaired) electrons. The number of hydrogen-bond acceptors (Lipinski definition) is 4. The third kappa shape index (κ3) is 3.13. The Hall–Kier alpha value is -1.92. The molecule has 1 saturated carbocycles. The van der Waals surface area contributed by atoms with Gasteiger partial charge in [0.05, 0.1) is 11.2 Å². The third-order valence-electron chi connectivity index (χ3n) is 3.66. The van der Waals surface area contributed by atoms with Gasteiger partial charge in [-0.15, -0.1) is 11.3 Å². The number of rotatable bonds is 3. The largest absolute Gasteiger partial charge is 0.281 e. The van der Waals surface area contributed by atoms with Crippen molar-refractivity contribution in [2.24, 2.45) is 5.92 Å². The van der Waals surface area contributed by atoms with Crippen LogP contribution in [-0.2, 0) is 4.79 Å². The minimum absolute atomic E-state index is 0.124. The molecule has 0 bridgehead atoms. The Balaban J connectivity index is 1.54. The summed E-state index contributed by atoms with van der Waals surface area (Å²) in [5.74, 6) is -0.476. The van der Waals surface area contributed by atoms with E-state index in [0.717, 1.165) is 12.0 Å². The first-order valence-corrected chi connectivity index (χ1v) is 8.08. The number of amides is 2. The molecule has 1 aliphatic carbocycles. The highest BCUT2D eigenvalue weighted by Crippen LogP contribution is 2.47. The van der Waals surface area contributed by atoms with Gasteiger partial charge in [-0.25, -0.2) is 4.98 Å². The quantitative estimate of drug-likeness (QED) is 0.847. The molecule has 114 valence electrons. The van der Waals surface area contributed by atoms with Crippen molar-refractivity contribution in [1.82, 2.24) is 15.8 Å². The van der Waals surface area contributed by atoms with Crippen molar-refractivity contribution in [2.45, 2.75) is 19.3 Å². The molecule has 3 rings (SSSR count). The lowest BCUT2D eigenvalue weighted by Gasteiger charge is -2.06. The third-order valence-corrected chi connectivity index (χ3v) is 4.82. The van der Waals surface area contributed by atoms with Crippen LogP contribution in [0, 0.1) is 12.8 Å². The van der Waals surface area contributed by atoms with Crippen molar-refractivity contribution in [1.29, 1.82) is 0 Å². The molecule has 1 heterocycles. The van der Waals surface area contributed by atoms with Gasteiger partial charge in [0, 0.05) is 10.9 Å². The molecule has 1 fully saturated rings. The first-order chi connectivity index (χ1) is 10.6. The summed E-state index contributed by atoms with van der Waals surface area (Å²) in [4.78, 5) is 28.5. The lowest BCUT2D eigenvalue weighted by Crippen LogP contribution is -2.42. The van der Waals surface area contributed by atoms with Crippen molar-refractivity contribution in [3.8, 4) is 0 Å². The van der Waals surface area contributed by atoms with Gasteiger partial charge in [-0.2, -0.15) is 0 Å². The second-order valence-corrected chi connectivity index (χ2v) is 6.51. The maximum atomic E-state index is 12.1. The Morgan fingerprint density at radius 3 is 2.86 bits per heavy atom. The Morgan fingerprint density at radius 2 is 2.18 bits per heavy atom. The Kier molecular flexibility index (Phi) is 4.13. The molecule has 0 spiro atoms. The number of aromatic nitrogens is 1. The van der Waals surface area contributed by atoms with Gasteiger partial charge in [-0.05, 0) is 37.0 Å². The van der Waals surface area contributed by atoms with Gasteiger partial charge in [0.1, 0.15) is 4.88 Å². The van der Waals surface area contributed by atoms with Crippen LogP contribution < -0.4 is 10.9 Å². The van der Waals surface area contributed by atoms with E-state index in [4.69, 9.17) is 11.6 Å². The van der Waals surface area contributed by atoms with Crippen molar-refractivity contribution < 1.29 is 9.59 Å². The molecule has 2 aromatic rings. The van der Waals surface area contributed by atoms with Crippen LogP contribution in [0.4, 0.5) is 0 Å². The molecule has 2 N–H and O–H groups in total. The molecule has 2 amide bonds. The SMILES string of the molecule is Cc1ncsc1C(=O)NNC(=O)[C@@H]1C[C@@H]1c1cccc(Cl)c1. The van der Waals surface area contributed by atoms with Gasteiger partial charge < -0.3 is 0 Å². The normalized spacial score (nSPS) is 19.5. The number of halogens is 1. The van der Waals surface area contributed by atoms with E-state index < -0.39 is 0 Å². The molecule has 0 aliphatic heterocycles. The molecule has 2 atom stereocenters. The summed E-state index contributed by atoms with van der Waals surface area (Å²) >= 11 is 7.20. The fourth-order valence-corrected chi connectivity index (χ4v) is 3.27. The topological polar surface area (TPSA) is 71.1 Å². The summed E-state index contributed by atoms with van der Waals surface area (Å²) in [7, 11) is 0. The fourth-order valence-electron chi connectivity index (χ4n) is 2.38. The number of carbonyl (C=O) groups excluding carboxylic acids is 2. The van der Waals surface area contributed by atoms with Crippen molar-refractivity contribution in [2.75, 3.05) is 0 Å². The van der Waals surface area contributed by atoms with Gasteiger partial charge in [0.2, 0.25) is 5.91 Å². The fraction of sp³-hybridized carbons (Fsp3) is 0.267. The van der Waals surface area contributed by atoms with Gasteiger partial charge >= 0.3 is 0 Å². The van der Waals surface area contributed by atoms with E-state index in [9.17, 15) is 9.59 Å². The van der Waals surface area contributed by atoms with E-state index in [-0.39, 0.29) is 23.7 Å². The molecule has 22 heavy (non-hydrogen) atoms. The van der Waals surface area contributed by atoms with Crippen LogP contribution in [-0.4, -0.2) is 16.8 Å². The summed E-state index contributed by atoms with van der Waals surface area (Å²) in [6.45, 7) is 1.75. The molecule has 1 aromatic carbocycles. The average Bonchev–Trinajstić information content (AvgIpc) is 3.19. The Bertz CT molecular complexity index is 731. The molecular weight excluding hydrogens is 322 g/mol. The second-order valence-electron chi connectivity index (χ2n) is 5.21. The zero-order valence-corrected chi connectivity index (χ0v) is 13.4. The highest BCUT2D eigenvalue weighted by Gasteiger charge is 2.44. The maximum Gasteiger partial charge on any atom is 0.281 e.